The molecule has 0 unspecified atom stereocenters. The quantitative estimate of drug-likeness (QED) is 0.713. The van der Waals surface area contributed by atoms with Gasteiger partial charge in [0.25, 0.3) is 0 Å². The van der Waals surface area contributed by atoms with E-state index in [4.69, 9.17) is 0 Å². The first-order valence-electron chi connectivity index (χ1n) is 4.49. The number of hydrogen-bond acceptors (Lipinski definition) is 0. The molecule has 2 rings (SSSR count). The molecule has 1 aliphatic rings. The molecule has 13 heavy (non-hydrogen) atoms. The summed E-state index contributed by atoms with van der Waals surface area (Å²) in [5, 5.41) is 0. The van der Waals surface area contributed by atoms with Gasteiger partial charge in [0.2, 0.25) is 0 Å². The summed E-state index contributed by atoms with van der Waals surface area (Å²) in [4.78, 5) is 0. The monoisotopic (exact) mass is 302 g/mol. The van der Waals surface area contributed by atoms with Crippen LogP contribution in [0, 0.1) is 6.92 Å². The lowest BCUT2D eigenvalue weighted by atomic mass is 9.97. The first-order valence-corrected chi connectivity index (χ1v) is 6.08. The Morgan fingerprint density at radius 2 is 1.62 bits per heavy atom. The van der Waals surface area contributed by atoms with Gasteiger partial charge in [0.05, 0.1) is 0 Å². The third-order valence-electron chi connectivity index (χ3n) is 2.98. The number of rotatable bonds is 1. The number of hydrogen-bond donors (Lipinski definition) is 0. The normalized spacial score (nSPS) is 18.8. The van der Waals surface area contributed by atoms with Crippen LogP contribution in [0.4, 0.5) is 0 Å². The van der Waals surface area contributed by atoms with Crippen molar-refractivity contribution < 1.29 is 0 Å². The highest BCUT2D eigenvalue weighted by molar-refractivity contribution is 9.11. The second-order valence-corrected chi connectivity index (χ2v) is 5.83. The molecular weight excluding hydrogens is 292 g/mol. The van der Waals surface area contributed by atoms with Crippen LogP contribution in [-0.2, 0) is 5.41 Å². The average molecular weight is 304 g/mol. The van der Waals surface area contributed by atoms with E-state index in [0.717, 1.165) is 0 Å². The van der Waals surface area contributed by atoms with Gasteiger partial charge in [-0.1, -0.05) is 38.8 Å². The molecule has 0 nitrogen and oxygen atoms in total. The first-order chi connectivity index (χ1) is 6.03. The summed E-state index contributed by atoms with van der Waals surface area (Å²) >= 11 is 7.17. The molecule has 0 atom stereocenters. The van der Waals surface area contributed by atoms with E-state index in [1.54, 1.807) is 0 Å². The van der Waals surface area contributed by atoms with Gasteiger partial charge in [-0.05, 0) is 48.4 Å². The zero-order chi connectivity index (χ0) is 9.64. The standard InChI is InChI=1S/C11H12Br2/c1-7-9(12)5-8(6-10(7)13)11(2)3-4-11/h5-6H,3-4H2,1-2H3. The van der Waals surface area contributed by atoms with Crippen molar-refractivity contribution in [2.45, 2.75) is 32.1 Å². The molecule has 0 saturated heterocycles. The molecule has 0 amide bonds. The minimum absolute atomic E-state index is 0.457. The lowest BCUT2D eigenvalue weighted by Gasteiger charge is -2.12. The molecular formula is C11H12Br2. The SMILES string of the molecule is Cc1c(Br)cc(C2(C)CC2)cc1Br. The fraction of sp³-hybridized carbons (Fsp3) is 0.455. The molecule has 1 aliphatic carbocycles. The van der Waals surface area contributed by atoms with E-state index in [0.29, 0.717) is 5.41 Å². The number of benzene rings is 1. The van der Waals surface area contributed by atoms with Gasteiger partial charge in [0.1, 0.15) is 0 Å². The molecule has 0 spiro atoms. The summed E-state index contributed by atoms with van der Waals surface area (Å²) in [6.45, 7) is 4.45. The van der Waals surface area contributed by atoms with E-state index >= 15 is 0 Å². The summed E-state index contributed by atoms with van der Waals surface area (Å²) in [6, 6.07) is 4.51. The highest BCUT2D eigenvalue weighted by Gasteiger charge is 2.39. The van der Waals surface area contributed by atoms with Gasteiger partial charge in [-0.15, -0.1) is 0 Å². The van der Waals surface area contributed by atoms with E-state index < -0.39 is 0 Å². The van der Waals surface area contributed by atoms with Crippen LogP contribution in [0.15, 0.2) is 21.1 Å². The number of halogens is 2. The van der Waals surface area contributed by atoms with Crippen LogP contribution < -0.4 is 0 Å². The maximum Gasteiger partial charge on any atom is 0.0218 e. The highest BCUT2D eigenvalue weighted by atomic mass is 79.9. The van der Waals surface area contributed by atoms with Gasteiger partial charge < -0.3 is 0 Å². The van der Waals surface area contributed by atoms with Crippen LogP contribution in [0.5, 0.6) is 0 Å². The Morgan fingerprint density at radius 1 is 1.15 bits per heavy atom. The Morgan fingerprint density at radius 3 is 2.00 bits per heavy atom. The lowest BCUT2D eigenvalue weighted by Crippen LogP contribution is -2.00. The van der Waals surface area contributed by atoms with Gasteiger partial charge in [-0.25, -0.2) is 0 Å². The summed E-state index contributed by atoms with van der Waals surface area (Å²) < 4.78 is 2.43. The van der Waals surface area contributed by atoms with Gasteiger partial charge in [0.15, 0.2) is 0 Å². The first kappa shape index (κ1) is 9.72. The Hall–Kier alpha value is 0.180. The minimum Gasteiger partial charge on any atom is -0.0555 e. The lowest BCUT2D eigenvalue weighted by molar-refractivity contribution is 0.785. The Bertz CT molecular complexity index is 328. The van der Waals surface area contributed by atoms with E-state index in [1.807, 2.05) is 0 Å². The zero-order valence-corrected chi connectivity index (χ0v) is 11.0. The van der Waals surface area contributed by atoms with Crippen molar-refractivity contribution in [2.24, 2.45) is 0 Å². The van der Waals surface area contributed by atoms with Crippen molar-refractivity contribution >= 4 is 31.9 Å². The van der Waals surface area contributed by atoms with Crippen LogP contribution in [0.2, 0.25) is 0 Å². The highest BCUT2D eigenvalue weighted by Crippen LogP contribution is 2.49. The third-order valence-corrected chi connectivity index (χ3v) is 4.63. The van der Waals surface area contributed by atoms with Crippen LogP contribution in [0.3, 0.4) is 0 Å². The zero-order valence-electron chi connectivity index (χ0n) is 7.82. The Kier molecular flexibility index (Phi) is 2.31. The topological polar surface area (TPSA) is 0 Å². The largest absolute Gasteiger partial charge is 0.0555 e. The van der Waals surface area contributed by atoms with E-state index in [1.165, 1.54) is 32.9 Å². The Balaban J connectivity index is 2.50. The molecule has 0 radical (unpaired) electrons. The molecule has 0 heterocycles. The molecule has 0 N–H and O–H groups in total. The Labute approximate surface area is 96.0 Å². The molecule has 1 aromatic rings. The molecule has 0 aliphatic heterocycles. The minimum atomic E-state index is 0.457. The van der Waals surface area contributed by atoms with Crippen molar-refractivity contribution in [1.82, 2.24) is 0 Å². The van der Waals surface area contributed by atoms with Crippen LogP contribution >= 0.6 is 31.9 Å². The maximum atomic E-state index is 3.59. The fourth-order valence-electron chi connectivity index (χ4n) is 1.47. The predicted molar refractivity (Wildman–Crippen MR) is 63.2 cm³/mol. The molecule has 1 saturated carbocycles. The predicted octanol–water partition coefficient (Wildman–Crippen LogP) is 4.57. The average Bonchev–Trinajstić information content (AvgIpc) is 2.80. The summed E-state index contributed by atoms with van der Waals surface area (Å²) in [5.74, 6) is 0. The van der Waals surface area contributed by atoms with Crippen LogP contribution in [0.1, 0.15) is 30.9 Å². The van der Waals surface area contributed by atoms with Crippen LogP contribution in [-0.4, -0.2) is 0 Å². The van der Waals surface area contributed by atoms with E-state index in [-0.39, 0.29) is 0 Å². The van der Waals surface area contributed by atoms with Gasteiger partial charge in [0, 0.05) is 8.95 Å². The second kappa shape index (κ2) is 3.09. The molecule has 70 valence electrons. The van der Waals surface area contributed by atoms with Crippen LogP contribution in [0.25, 0.3) is 0 Å². The maximum absolute atomic E-state index is 3.59. The molecule has 0 aromatic heterocycles. The smallest absolute Gasteiger partial charge is 0.0218 e. The van der Waals surface area contributed by atoms with Crippen molar-refractivity contribution in [3.63, 3.8) is 0 Å². The van der Waals surface area contributed by atoms with Gasteiger partial charge in [-0.3, -0.25) is 0 Å². The molecule has 1 fully saturated rings. The summed E-state index contributed by atoms with van der Waals surface area (Å²) in [6.07, 6.45) is 2.66. The summed E-state index contributed by atoms with van der Waals surface area (Å²) in [7, 11) is 0. The molecule has 0 bridgehead atoms. The molecule has 2 heteroatoms. The van der Waals surface area contributed by atoms with Gasteiger partial charge >= 0.3 is 0 Å². The third kappa shape index (κ3) is 1.71. The van der Waals surface area contributed by atoms with Crippen molar-refractivity contribution in [2.75, 3.05) is 0 Å². The fourth-order valence-corrected chi connectivity index (χ4v) is 2.66. The molecule has 1 aromatic carbocycles. The van der Waals surface area contributed by atoms with Crippen molar-refractivity contribution in [3.05, 3.63) is 32.2 Å². The van der Waals surface area contributed by atoms with Crippen molar-refractivity contribution in [3.8, 4) is 0 Å². The van der Waals surface area contributed by atoms with E-state index in [9.17, 15) is 0 Å². The second-order valence-electron chi connectivity index (χ2n) is 4.13. The van der Waals surface area contributed by atoms with E-state index in [2.05, 4.69) is 57.8 Å². The van der Waals surface area contributed by atoms with Crippen molar-refractivity contribution in [1.29, 1.82) is 0 Å². The summed E-state index contributed by atoms with van der Waals surface area (Å²) in [5.41, 5.74) is 3.20. The van der Waals surface area contributed by atoms with Gasteiger partial charge in [-0.2, -0.15) is 0 Å².